The Hall–Kier alpha value is -0.680. The van der Waals surface area contributed by atoms with E-state index in [4.69, 9.17) is 11.6 Å². The first kappa shape index (κ1) is 11.8. The molecule has 2 unspecified atom stereocenters. The van der Waals surface area contributed by atoms with Gasteiger partial charge in [-0.05, 0) is 36.4 Å². The van der Waals surface area contributed by atoms with E-state index in [0.29, 0.717) is 18.4 Å². The third kappa shape index (κ3) is 2.92. The van der Waals surface area contributed by atoms with Crippen molar-refractivity contribution >= 4 is 11.6 Å². The number of aromatic nitrogens is 4. The zero-order valence-corrected chi connectivity index (χ0v) is 10.3. The second kappa shape index (κ2) is 5.59. The van der Waals surface area contributed by atoms with Crippen molar-refractivity contribution in [3.8, 4) is 0 Å². The molecule has 6 heteroatoms. The van der Waals surface area contributed by atoms with Crippen LogP contribution in [0.1, 0.15) is 25.1 Å². The summed E-state index contributed by atoms with van der Waals surface area (Å²) in [5.74, 6) is 2.94. The first-order valence-corrected chi connectivity index (χ1v) is 6.32. The first-order chi connectivity index (χ1) is 7.79. The van der Waals surface area contributed by atoms with Crippen molar-refractivity contribution in [2.45, 2.75) is 25.8 Å². The number of alkyl halides is 1. The van der Waals surface area contributed by atoms with Gasteiger partial charge in [-0.3, -0.25) is 0 Å². The molecule has 0 spiro atoms. The van der Waals surface area contributed by atoms with Crippen molar-refractivity contribution in [2.75, 3.05) is 12.4 Å². The first-order valence-electron chi connectivity index (χ1n) is 5.79. The molecular weight excluding hydrogens is 226 g/mol. The molecule has 0 bridgehead atoms. The average molecular weight is 244 g/mol. The Morgan fingerprint density at radius 1 is 1.44 bits per heavy atom. The Balaban J connectivity index is 1.71. The molecule has 1 saturated carbocycles. The van der Waals surface area contributed by atoms with Gasteiger partial charge in [0.2, 0.25) is 0 Å². The summed E-state index contributed by atoms with van der Waals surface area (Å²) >= 11 is 5.94. The van der Waals surface area contributed by atoms with E-state index in [1.54, 1.807) is 7.05 Å². The molecule has 2 atom stereocenters. The fourth-order valence-electron chi connectivity index (χ4n) is 2.35. The number of tetrazole rings is 1. The summed E-state index contributed by atoms with van der Waals surface area (Å²) in [5, 5.41) is 15.2. The maximum Gasteiger partial charge on any atom is 0.188 e. The second-order valence-corrected chi connectivity index (χ2v) is 4.74. The van der Waals surface area contributed by atoms with E-state index in [1.165, 1.54) is 24.1 Å². The number of nitrogens with zero attached hydrogens (tertiary/aromatic N) is 4. The summed E-state index contributed by atoms with van der Waals surface area (Å²) in [5.41, 5.74) is 0. The third-order valence-corrected chi connectivity index (χ3v) is 3.65. The van der Waals surface area contributed by atoms with Crippen LogP contribution in [0.4, 0.5) is 0 Å². The highest BCUT2D eigenvalue weighted by Gasteiger charge is 2.25. The highest BCUT2D eigenvalue weighted by Crippen LogP contribution is 2.31. The number of hydrogen-bond donors (Lipinski definition) is 1. The molecule has 1 N–H and O–H groups in total. The quantitative estimate of drug-likeness (QED) is 0.783. The largest absolute Gasteiger partial charge is 0.309 e. The van der Waals surface area contributed by atoms with Gasteiger partial charge in [0.25, 0.3) is 0 Å². The van der Waals surface area contributed by atoms with Gasteiger partial charge in [0, 0.05) is 5.88 Å². The highest BCUT2D eigenvalue weighted by molar-refractivity contribution is 6.18. The molecule has 0 aromatic carbocycles. The lowest BCUT2D eigenvalue weighted by Gasteiger charge is -2.16. The van der Waals surface area contributed by atoms with Crippen molar-refractivity contribution < 1.29 is 0 Å². The van der Waals surface area contributed by atoms with E-state index in [2.05, 4.69) is 20.7 Å². The summed E-state index contributed by atoms with van der Waals surface area (Å²) in [6, 6.07) is 0. The van der Waals surface area contributed by atoms with Gasteiger partial charge in [-0.25, -0.2) is 0 Å². The highest BCUT2D eigenvalue weighted by atomic mass is 35.5. The van der Waals surface area contributed by atoms with Gasteiger partial charge in [0.05, 0.1) is 13.6 Å². The van der Waals surface area contributed by atoms with Crippen molar-refractivity contribution in [2.24, 2.45) is 18.9 Å². The van der Waals surface area contributed by atoms with Crippen LogP contribution in [0.5, 0.6) is 0 Å². The van der Waals surface area contributed by atoms with Gasteiger partial charge in [0.15, 0.2) is 5.82 Å². The molecule has 2 rings (SSSR count). The van der Waals surface area contributed by atoms with Gasteiger partial charge >= 0.3 is 0 Å². The molecule has 5 nitrogen and oxygen atoms in total. The maximum atomic E-state index is 5.94. The Morgan fingerprint density at radius 2 is 2.25 bits per heavy atom. The number of rotatable bonds is 5. The Labute approximate surface area is 101 Å². The van der Waals surface area contributed by atoms with Crippen molar-refractivity contribution in [1.29, 1.82) is 0 Å². The van der Waals surface area contributed by atoms with E-state index in [-0.39, 0.29) is 0 Å². The lowest BCUT2D eigenvalue weighted by molar-refractivity contribution is 0.393. The molecule has 1 aliphatic rings. The van der Waals surface area contributed by atoms with E-state index in [1.807, 2.05) is 0 Å². The normalized spacial score (nSPS) is 25.1. The van der Waals surface area contributed by atoms with Crippen LogP contribution < -0.4 is 5.32 Å². The van der Waals surface area contributed by atoms with Crippen molar-refractivity contribution in [3.05, 3.63) is 5.82 Å². The van der Waals surface area contributed by atoms with Gasteiger partial charge in [0.1, 0.15) is 0 Å². The van der Waals surface area contributed by atoms with E-state index in [9.17, 15) is 0 Å². The second-order valence-electron chi connectivity index (χ2n) is 4.43. The van der Waals surface area contributed by atoms with Gasteiger partial charge < -0.3 is 5.32 Å². The van der Waals surface area contributed by atoms with Crippen LogP contribution in [-0.2, 0) is 13.6 Å². The molecule has 16 heavy (non-hydrogen) atoms. The summed E-state index contributed by atoms with van der Waals surface area (Å²) in [6.07, 6.45) is 3.88. The van der Waals surface area contributed by atoms with Crippen LogP contribution in [0.3, 0.4) is 0 Å². The molecule has 1 aromatic rings. The van der Waals surface area contributed by atoms with Gasteiger partial charge in [-0.2, -0.15) is 4.80 Å². The Morgan fingerprint density at radius 3 is 2.94 bits per heavy atom. The summed E-state index contributed by atoms with van der Waals surface area (Å²) in [4.78, 5) is 1.48. The third-order valence-electron chi connectivity index (χ3n) is 3.25. The molecule has 0 amide bonds. The maximum absolute atomic E-state index is 5.94. The fraction of sp³-hybridized carbons (Fsp3) is 0.900. The lowest BCUT2D eigenvalue weighted by atomic mass is 9.98. The van der Waals surface area contributed by atoms with Crippen LogP contribution >= 0.6 is 11.6 Å². The van der Waals surface area contributed by atoms with Crippen molar-refractivity contribution in [1.82, 2.24) is 25.5 Å². The summed E-state index contributed by atoms with van der Waals surface area (Å²) < 4.78 is 0. The van der Waals surface area contributed by atoms with Gasteiger partial charge in [-0.1, -0.05) is 6.42 Å². The summed E-state index contributed by atoms with van der Waals surface area (Å²) in [7, 11) is 1.77. The van der Waals surface area contributed by atoms with Crippen LogP contribution in [-0.4, -0.2) is 32.6 Å². The predicted octanol–water partition coefficient (Wildman–Crippen LogP) is 0.955. The number of aryl methyl sites for hydroxylation is 1. The monoisotopic (exact) mass is 243 g/mol. The molecule has 0 radical (unpaired) electrons. The zero-order valence-electron chi connectivity index (χ0n) is 9.56. The average Bonchev–Trinajstić information content (AvgIpc) is 2.87. The van der Waals surface area contributed by atoms with Crippen LogP contribution in [0.25, 0.3) is 0 Å². The molecule has 1 aromatic heterocycles. The molecule has 90 valence electrons. The van der Waals surface area contributed by atoms with E-state index >= 15 is 0 Å². The fourth-order valence-corrected chi connectivity index (χ4v) is 2.76. The van der Waals surface area contributed by atoms with E-state index < -0.39 is 0 Å². The minimum Gasteiger partial charge on any atom is -0.309 e. The predicted molar refractivity (Wildman–Crippen MR) is 62.1 cm³/mol. The minimum absolute atomic E-state index is 0.684. The smallest absolute Gasteiger partial charge is 0.188 e. The molecule has 0 saturated heterocycles. The van der Waals surface area contributed by atoms with Crippen LogP contribution in [0, 0.1) is 11.8 Å². The SMILES string of the molecule is Cn1nnc(CNCC2CCCC2CCl)n1. The van der Waals surface area contributed by atoms with Crippen LogP contribution in [0.2, 0.25) is 0 Å². The van der Waals surface area contributed by atoms with Gasteiger partial charge in [-0.15, -0.1) is 21.8 Å². The topological polar surface area (TPSA) is 55.6 Å². The Kier molecular flexibility index (Phi) is 4.12. The van der Waals surface area contributed by atoms with Crippen molar-refractivity contribution in [3.63, 3.8) is 0 Å². The molecular formula is C10H18ClN5. The number of halogens is 1. The zero-order chi connectivity index (χ0) is 11.4. The molecule has 1 fully saturated rings. The number of hydrogen-bond acceptors (Lipinski definition) is 4. The molecule has 1 aliphatic carbocycles. The lowest BCUT2D eigenvalue weighted by Crippen LogP contribution is -2.26. The Bertz CT molecular complexity index is 327. The standard InChI is InChI=1S/C10H18ClN5/c1-16-14-10(13-15-16)7-12-6-9-4-2-3-8(9)5-11/h8-9,12H,2-7H2,1H3. The molecule has 0 aliphatic heterocycles. The summed E-state index contributed by atoms with van der Waals surface area (Å²) in [6.45, 7) is 1.70. The minimum atomic E-state index is 0.684. The van der Waals surface area contributed by atoms with Crippen LogP contribution in [0.15, 0.2) is 0 Å². The number of nitrogens with one attached hydrogen (secondary N) is 1. The van der Waals surface area contributed by atoms with E-state index in [0.717, 1.165) is 18.2 Å². The molecule has 1 heterocycles.